The number of fused-ring (bicyclic) bond motifs is 1. The number of methoxy groups -OCH3 is 1. The van der Waals surface area contributed by atoms with Crippen molar-refractivity contribution < 1.29 is 13.9 Å². The van der Waals surface area contributed by atoms with Crippen molar-refractivity contribution in [2.75, 3.05) is 30.5 Å². The molecule has 3 heterocycles. The number of aryl methyl sites for hydroxylation is 1. The van der Waals surface area contributed by atoms with E-state index in [0.29, 0.717) is 36.4 Å². The van der Waals surface area contributed by atoms with Gasteiger partial charge in [0, 0.05) is 23.6 Å². The summed E-state index contributed by atoms with van der Waals surface area (Å²) in [4.78, 5) is 15.3. The summed E-state index contributed by atoms with van der Waals surface area (Å²) in [5.74, 6) is 2.01. The van der Waals surface area contributed by atoms with Crippen molar-refractivity contribution in [1.82, 2.24) is 19.5 Å². The lowest BCUT2D eigenvalue weighted by atomic mass is 10.2. The Labute approximate surface area is 184 Å². The van der Waals surface area contributed by atoms with E-state index >= 15 is 0 Å². The SMILES string of the molecule is COc1cc(Nc2ncc3c(n2)N(c2ccc(F)cc2)CCO3)ccc1-n1cnc(C)c1. The molecule has 1 aliphatic heterocycles. The van der Waals surface area contributed by atoms with Crippen LogP contribution in [0.15, 0.2) is 61.2 Å². The van der Waals surface area contributed by atoms with Gasteiger partial charge in [0.1, 0.15) is 18.2 Å². The normalized spacial score (nSPS) is 12.8. The number of benzene rings is 2. The Hall–Kier alpha value is -4.14. The zero-order valence-electron chi connectivity index (χ0n) is 17.6. The number of hydrogen-bond donors (Lipinski definition) is 1. The first-order valence-electron chi connectivity index (χ1n) is 10.1. The van der Waals surface area contributed by atoms with E-state index in [-0.39, 0.29) is 5.82 Å². The average Bonchev–Trinajstić information content (AvgIpc) is 3.25. The van der Waals surface area contributed by atoms with Crippen molar-refractivity contribution in [2.24, 2.45) is 0 Å². The molecule has 0 spiro atoms. The lowest BCUT2D eigenvalue weighted by Crippen LogP contribution is -2.29. The van der Waals surface area contributed by atoms with Crippen LogP contribution in [0.1, 0.15) is 5.69 Å². The molecule has 0 amide bonds. The molecule has 0 bridgehead atoms. The van der Waals surface area contributed by atoms with Gasteiger partial charge in [0.2, 0.25) is 5.95 Å². The predicted octanol–water partition coefficient (Wildman–Crippen LogP) is 4.39. The highest BCUT2D eigenvalue weighted by Crippen LogP contribution is 2.36. The van der Waals surface area contributed by atoms with Crippen LogP contribution in [-0.4, -0.2) is 39.8 Å². The van der Waals surface area contributed by atoms with Crippen LogP contribution in [-0.2, 0) is 0 Å². The summed E-state index contributed by atoms with van der Waals surface area (Å²) < 4.78 is 26.6. The van der Waals surface area contributed by atoms with Crippen LogP contribution in [0.4, 0.5) is 27.5 Å². The van der Waals surface area contributed by atoms with Crippen LogP contribution in [0.3, 0.4) is 0 Å². The minimum Gasteiger partial charge on any atom is -0.494 e. The maximum absolute atomic E-state index is 13.4. The topological polar surface area (TPSA) is 77.3 Å². The van der Waals surface area contributed by atoms with Crippen LogP contribution in [0.5, 0.6) is 11.5 Å². The monoisotopic (exact) mass is 432 g/mol. The van der Waals surface area contributed by atoms with Gasteiger partial charge in [0.25, 0.3) is 0 Å². The standard InChI is InChI=1S/C23H21FN6O2/c1-15-13-29(14-26-15)19-8-5-17(11-20(19)31-2)27-23-25-12-21-22(28-23)30(9-10-32-21)18-6-3-16(24)4-7-18/h3-8,11-14H,9-10H2,1-2H3,(H,25,27,28). The summed E-state index contributed by atoms with van der Waals surface area (Å²) in [5.41, 5.74) is 3.40. The number of nitrogens with one attached hydrogen (secondary N) is 1. The first-order chi connectivity index (χ1) is 15.6. The zero-order chi connectivity index (χ0) is 22.1. The summed E-state index contributed by atoms with van der Waals surface area (Å²) in [6.45, 7) is 3.03. The van der Waals surface area contributed by atoms with Crippen LogP contribution in [0.2, 0.25) is 0 Å². The summed E-state index contributed by atoms with van der Waals surface area (Å²) >= 11 is 0. The maximum atomic E-state index is 13.4. The predicted molar refractivity (Wildman–Crippen MR) is 119 cm³/mol. The Kier molecular flexibility index (Phi) is 5.06. The molecule has 32 heavy (non-hydrogen) atoms. The number of hydrogen-bond acceptors (Lipinski definition) is 7. The van der Waals surface area contributed by atoms with Crippen molar-refractivity contribution in [3.8, 4) is 17.2 Å². The molecular weight excluding hydrogens is 411 g/mol. The third kappa shape index (κ3) is 3.80. The van der Waals surface area contributed by atoms with Crippen molar-refractivity contribution in [1.29, 1.82) is 0 Å². The van der Waals surface area contributed by atoms with Gasteiger partial charge in [-0.25, -0.2) is 14.4 Å². The second kappa shape index (κ2) is 8.18. The Morgan fingerprint density at radius 3 is 2.72 bits per heavy atom. The van der Waals surface area contributed by atoms with E-state index < -0.39 is 0 Å². The van der Waals surface area contributed by atoms with E-state index in [1.807, 2.05) is 40.8 Å². The number of imidazole rings is 1. The highest BCUT2D eigenvalue weighted by Gasteiger charge is 2.22. The van der Waals surface area contributed by atoms with Gasteiger partial charge in [-0.1, -0.05) is 0 Å². The van der Waals surface area contributed by atoms with E-state index in [9.17, 15) is 4.39 Å². The molecule has 0 aliphatic carbocycles. The average molecular weight is 432 g/mol. The molecule has 1 aliphatic rings. The molecule has 9 heteroatoms. The molecule has 162 valence electrons. The molecule has 5 rings (SSSR count). The van der Waals surface area contributed by atoms with Gasteiger partial charge >= 0.3 is 0 Å². The number of nitrogens with zero attached hydrogens (tertiary/aromatic N) is 5. The summed E-state index contributed by atoms with van der Waals surface area (Å²) in [6.07, 6.45) is 5.32. The van der Waals surface area contributed by atoms with E-state index in [4.69, 9.17) is 9.47 Å². The molecule has 8 nitrogen and oxygen atoms in total. The maximum Gasteiger partial charge on any atom is 0.229 e. The minimum absolute atomic E-state index is 0.282. The molecule has 0 saturated carbocycles. The Morgan fingerprint density at radius 1 is 1.12 bits per heavy atom. The van der Waals surface area contributed by atoms with Gasteiger partial charge in [-0.15, -0.1) is 0 Å². The van der Waals surface area contributed by atoms with Crippen LogP contribution >= 0.6 is 0 Å². The number of aromatic nitrogens is 4. The van der Waals surface area contributed by atoms with E-state index in [2.05, 4.69) is 20.3 Å². The van der Waals surface area contributed by atoms with E-state index in [1.54, 1.807) is 31.8 Å². The Balaban J connectivity index is 1.44. The number of rotatable bonds is 5. The fraction of sp³-hybridized carbons (Fsp3) is 0.174. The molecule has 0 radical (unpaired) electrons. The largest absolute Gasteiger partial charge is 0.494 e. The summed E-state index contributed by atoms with van der Waals surface area (Å²) in [6, 6.07) is 12.0. The molecular formula is C23H21FN6O2. The van der Waals surface area contributed by atoms with Crippen molar-refractivity contribution in [3.05, 3.63) is 72.7 Å². The fourth-order valence-corrected chi connectivity index (χ4v) is 3.59. The highest BCUT2D eigenvalue weighted by molar-refractivity contribution is 5.69. The lowest BCUT2D eigenvalue weighted by Gasteiger charge is -2.30. The van der Waals surface area contributed by atoms with Crippen molar-refractivity contribution in [3.63, 3.8) is 0 Å². The van der Waals surface area contributed by atoms with Gasteiger partial charge < -0.3 is 24.3 Å². The Morgan fingerprint density at radius 2 is 1.97 bits per heavy atom. The first-order valence-corrected chi connectivity index (χ1v) is 10.1. The zero-order valence-corrected chi connectivity index (χ0v) is 17.6. The lowest BCUT2D eigenvalue weighted by molar-refractivity contribution is 0.310. The highest BCUT2D eigenvalue weighted by atomic mass is 19.1. The van der Waals surface area contributed by atoms with Gasteiger partial charge in [-0.3, -0.25) is 0 Å². The molecule has 0 fully saturated rings. The summed E-state index contributed by atoms with van der Waals surface area (Å²) in [5, 5.41) is 3.22. The molecule has 2 aromatic carbocycles. The van der Waals surface area contributed by atoms with Crippen LogP contribution < -0.4 is 19.7 Å². The molecule has 0 unspecified atom stereocenters. The quantitative estimate of drug-likeness (QED) is 0.501. The molecule has 0 saturated heterocycles. The number of ether oxygens (including phenoxy) is 2. The third-order valence-electron chi connectivity index (χ3n) is 5.13. The van der Waals surface area contributed by atoms with Gasteiger partial charge in [0.05, 0.1) is 37.6 Å². The van der Waals surface area contributed by atoms with Crippen molar-refractivity contribution >= 4 is 23.1 Å². The molecule has 0 atom stereocenters. The van der Waals surface area contributed by atoms with Gasteiger partial charge in [-0.05, 0) is 43.3 Å². The second-order valence-corrected chi connectivity index (χ2v) is 7.29. The summed E-state index contributed by atoms with van der Waals surface area (Å²) in [7, 11) is 1.62. The van der Waals surface area contributed by atoms with E-state index in [1.165, 1.54) is 12.1 Å². The van der Waals surface area contributed by atoms with Gasteiger partial charge in [0.15, 0.2) is 11.6 Å². The van der Waals surface area contributed by atoms with Gasteiger partial charge in [-0.2, -0.15) is 4.98 Å². The molecule has 4 aromatic rings. The third-order valence-corrected chi connectivity index (χ3v) is 5.13. The number of halogens is 1. The van der Waals surface area contributed by atoms with E-state index in [0.717, 1.165) is 22.8 Å². The minimum atomic E-state index is -0.282. The fourth-order valence-electron chi connectivity index (χ4n) is 3.59. The second-order valence-electron chi connectivity index (χ2n) is 7.29. The smallest absolute Gasteiger partial charge is 0.229 e. The van der Waals surface area contributed by atoms with Crippen LogP contribution in [0, 0.1) is 12.7 Å². The molecule has 2 aromatic heterocycles. The van der Waals surface area contributed by atoms with Crippen molar-refractivity contribution in [2.45, 2.75) is 6.92 Å². The Bertz CT molecular complexity index is 1260. The molecule has 1 N–H and O–H groups in total. The van der Waals surface area contributed by atoms with Crippen LogP contribution in [0.25, 0.3) is 5.69 Å². The number of anilines is 4. The first kappa shape index (κ1) is 19.8.